The quantitative estimate of drug-likeness (QED) is 0.614. The first kappa shape index (κ1) is 11.4. The van der Waals surface area contributed by atoms with E-state index in [2.05, 4.69) is 0 Å². The Morgan fingerprint density at radius 2 is 2.29 bits per heavy atom. The molecule has 82 valence electrons. The van der Waals surface area contributed by atoms with Gasteiger partial charge in [-0.3, -0.25) is 4.79 Å². The number of rotatable bonds is 5. The monoisotopic (exact) mass is 222 g/mol. The molecule has 14 heavy (non-hydrogen) atoms. The molecule has 1 amide bonds. The molecule has 0 radical (unpaired) electrons. The molecule has 0 aromatic rings. The molecule has 1 unspecified atom stereocenters. The van der Waals surface area contributed by atoms with E-state index < -0.39 is 15.9 Å². The number of amides is 1. The van der Waals surface area contributed by atoms with Crippen LogP contribution in [0.5, 0.6) is 0 Å². The number of sulfonamides is 1. The van der Waals surface area contributed by atoms with Crippen LogP contribution in [0.3, 0.4) is 0 Å². The summed E-state index contributed by atoms with van der Waals surface area (Å²) < 4.78 is 28.5. The highest BCUT2D eigenvalue weighted by atomic mass is 32.2. The van der Waals surface area contributed by atoms with Crippen molar-refractivity contribution in [1.29, 1.82) is 0 Å². The van der Waals surface area contributed by atoms with Gasteiger partial charge in [-0.2, -0.15) is 4.31 Å². The number of carbonyl (C=O) groups excluding carboxylic acids is 1. The van der Waals surface area contributed by atoms with Crippen molar-refractivity contribution in [2.24, 2.45) is 5.73 Å². The van der Waals surface area contributed by atoms with Gasteiger partial charge < -0.3 is 10.5 Å². The maximum atomic E-state index is 11.1. The maximum absolute atomic E-state index is 11.1. The fourth-order valence-electron chi connectivity index (χ4n) is 1.32. The Kier molecular flexibility index (Phi) is 3.46. The van der Waals surface area contributed by atoms with Gasteiger partial charge in [0.25, 0.3) is 0 Å². The second-order valence-electron chi connectivity index (χ2n) is 3.30. The largest absolute Gasteiger partial charge is 0.370 e. The molecule has 2 N–H and O–H groups in total. The van der Waals surface area contributed by atoms with Gasteiger partial charge in [-0.25, -0.2) is 8.42 Å². The van der Waals surface area contributed by atoms with Crippen LogP contribution in [-0.4, -0.2) is 50.7 Å². The third-order valence-corrected chi connectivity index (χ3v) is 3.40. The van der Waals surface area contributed by atoms with Crippen molar-refractivity contribution in [3.05, 3.63) is 0 Å². The van der Waals surface area contributed by atoms with Crippen molar-refractivity contribution in [2.75, 3.05) is 26.0 Å². The Morgan fingerprint density at radius 1 is 1.64 bits per heavy atom. The zero-order chi connectivity index (χ0) is 10.8. The number of ether oxygens (including phenoxy) is 1. The van der Waals surface area contributed by atoms with Gasteiger partial charge in [0.15, 0.2) is 0 Å². The highest BCUT2D eigenvalue weighted by Crippen LogP contribution is 2.20. The molecule has 1 aliphatic rings. The van der Waals surface area contributed by atoms with Gasteiger partial charge in [-0.05, 0) is 6.42 Å². The van der Waals surface area contributed by atoms with E-state index in [0.717, 1.165) is 12.7 Å². The average molecular weight is 222 g/mol. The van der Waals surface area contributed by atoms with Crippen LogP contribution in [-0.2, 0) is 19.6 Å². The lowest BCUT2D eigenvalue weighted by atomic mass is 10.1. The molecule has 1 heterocycles. The molecule has 0 aromatic heterocycles. The van der Waals surface area contributed by atoms with Crippen molar-refractivity contribution in [2.45, 2.75) is 12.5 Å². The zero-order valence-electron chi connectivity index (χ0n) is 7.97. The Hall–Kier alpha value is -0.660. The third kappa shape index (κ3) is 2.93. The predicted molar refractivity (Wildman–Crippen MR) is 50.0 cm³/mol. The summed E-state index contributed by atoms with van der Waals surface area (Å²) in [4.78, 5) is 10.3. The van der Waals surface area contributed by atoms with Gasteiger partial charge in [-0.1, -0.05) is 0 Å². The number of hydrogen-bond donors (Lipinski definition) is 1. The van der Waals surface area contributed by atoms with E-state index in [1.165, 1.54) is 4.31 Å². The molecular formula is C7H14N2O4S. The summed E-state index contributed by atoms with van der Waals surface area (Å²) in [5, 5.41) is 0. The number of hydrogen-bond acceptors (Lipinski definition) is 4. The lowest BCUT2D eigenvalue weighted by Gasteiger charge is -2.38. The Labute approximate surface area is 83.1 Å². The molecule has 7 heteroatoms. The second-order valence-corrected chi connectivity index (χ2v) is 5.23. The summed E-state index contributed by atoms with van der Waals surface area (Å²) in [5.41, 5.74) is 4.86. The van der Waals surface area contributed by atoms with Crippen LogP contribution >= 0.6 is 0 Å². The number of primary amides is 1. The van der Waals surface area contributed by atoms with E-state index >= 15 is 0 Å². The van der Waals surface area contributed by atoms with Crippen LogP contribution < -0.4 is 5.73 Å². The minimum absolute atomic E-state index is 0.135. The number of carbonyl (C=O) groups is 1. The van der Waals surface area contributed by atoms with E-state index in [1.807, 2.05) is 0 Å². The lowest BCUT2D eigenvalue weighted by molar-refractivity contribution is -0.123. The van der Waals surface area contributed by atoms with Crippen LogP contribution in [0.25, 0.3) is 0 Å². The van der Waals surface area contributed by atoms with Crippen LogP contribution in [0.2, 0.25) is 0 Å². The van der Waals surface area contributed by atoms with Crippen LogP contribution in [0.15, 0.2) is 0 Å². The SMILES string of the molecule is CS(=O)(=O)N1CCC1COCC(N)=O. The maximum Gasteiger partial charge on any atom is 0.243 e. The standard InChI is InChI=1S/C7H14N2O4S/c1-14(11,12)9-3-2-6(9)4-13-5-7(8)10/h6H,2-5H2,1H3,(H2,8,10). The molecular weight excluding hydrogens is 208 g/mol. The molecule has 6 nitrogen and oxygen atoms in total. The van der Waals surface area contributed by atoms with Gasteiger partial charge in [0.05, 0.1) is 12.9 Å². The van der Waals surface area contributed by atoms with E-state index in [9.17, 15) is 13.2 Å². The molecule has 1 saturated heterocycles. The first-order valence-electron chi connectivity index (χ1n) is 4.24. The summed E-state index contributed by atoms with van der Waals surface area (Å²) in [6.45, 7) is 0.605. The lowest BCUT2D eigenvalue weighted by Crippen LogP contribution is -2.52. The molecule has 0 saturated carbocycles. The smallest absolute Gasteiger partial charge is 0.243 e. The van der Waals surface area contributed by atoms with Crippen molar-refractivity contribution < 1.29 is 17.9 Å². The highest BCUT2D eigenvalue weighted by molar-refractivity contribution is 7.88. The van der Waals surface area contributed by atoms with Crippen LogP contribution in [0.1, 0.15) is 6.42 Å². The highest BCUT2D eigenvalue weighted by Gasteiger charge is 2.34. The Balaban J connectivity index is 2.30. The van der Waals surface area contributed by atoms with Gasteiger partial charge in [0, 0.05) is 12.6 Å². The van der Waals surface area contributed by atoms with E-state index in [-0.39, 0.29) is 19.3 Å². The van der Waals surface area contributed by atoms with Crippen molar-refractivity contribution in [3.63, 3.8) is 0 Å². The van der Waals surface area contributed by atoms with E-state index in [0.29, 0.717) is 6.54 Å². The zero-order valence-corrected chi connectivity index (χ0v) is 8.79. The normalized spacial score (nSPS) is 23.1. The van der Waals surface area contributed by atoms with Crippen molar-refractivity contribution >= 4 is 15.9 Å². The molecule has 0 aliphatic carbocycles. The number of nitrogens with two attached hydrogens (primary N) is 1. The van der Waals surface area contributed by atoms with E-state index in [1.54, 1.807) is 0 Å². The third-order valence-electron chi connectivity index (χ3n) is 2.07. The first-order valence-corrected chi connectivity index (χ1v) is 6.09. The average Bonchev–Trinajstić information content (AvgIpc) is 1.91. The van der Waals surface area contributed by atoms with Gasteiger partial charge in [-0.15, -0.1) is 0 Å². The van der Waals surface area contributed by atoms with Crippen LogP contribution in [0.4, 0.5) is 0 Å². The summed E-state index contributed by atoms with van der Waals surface area (Å²) >= 11 is 0. The minimum atomic E-state index is -3.13. The molecule has 0 aromatic carbocycles. The van der Waals surface area contributed by atoms with Gasteiger partial charge in [0.1, 0.15) is 6.61 Å². The van der Waals surface area contributed by atoms with E-state index in [4.69, 9.17) is 10.5 Å². The summed E-state index contributed by atoms with van der Waals surface area (Å²) in [6, 6.07) is -0.135. The molecule has 1 fully saturated rings. The predicted octanol–water partition coefficient (Wildman–Crippen LogP) is -1.48. The van der Waals surface area contributed by atoms with Crippen molar-refractivity contribution in [3.8, 4) is 0 Å². The molecule has 1 atom stereocenters. The summed E-state index contributed by atoms with van der Waals surface area (Å²) in [5.74, 6) is -0.546. The fraction of sp³-hybridized carbons (Fsp3) is 0.857. The fourth-order valence-corrected chi connectivity index (χ4v) is 2.46. The Morgan fingerprint density at radius 3 is 2.64 bits per heavy atom. The molecule has 1 aliphatic heterocycles. The van der Waals surface area contributed by atoms with Crippen molar-refractivity contribution in [1.82, 2.24) is 4.31 Å². The summed E-state index contributed by atoms with van der Waals surface area (Å²) in [7, 11) is -3.13. The van der Waals surface area contributed by atoms with Crippen LogP contribution in [0, 0.1) is 0 Å². The summed E-state index contributed by atoms with van der Waals surface area (Å²) in [6.07, 6.45) is 1.93. The first-order chi connectivity index (χ1) is 6.41. The molecule has 1 rings (SSSR count). The Bertz CT molecular complexity index is 314. The molecule has 0 spiro atoms. The molecule has 0 bridgehead atoms. The van der Waals surface area contributed by atoms with Gasteiger partial charge >= 0.3 is 0 Å². The topological polar surface area (TPSA) is 89.7 Å². The van der Waals surface area contributed by atoms with Gasteiger partial charge in [0.2, 0.25) is 15.9 Å². The minimum Gasteiger partial charge on any atom is -0.370 e. The second kappa shape index (κ2) is 4.24. The number of nitrogens with zero attached hydrogens (tertiary/aromatic N) is 1.